The lowest BCUT2D eigenvalue weighted by molar-refractivity contribution is 0.0846. The molecule has 1 aromatic carbocycles. The van der Waals surface area contributed by atoms with Gasteiger partial charge in [0, 0.05) is 5.54 Å². The molecule has 2 nitrogen and oxygen atoms in total. The number of halogens is 1. The molecule has 0 spiro atoms. The number of carbonyl (C=O) groups is 1. The van der Waals surface area contributed by atoms with E-state index in [1.807, 2.05) is 6.92 Å². The zero-order valence-corrected chi connectivity index (χ0v) is 9.64. The van der Waals surface area contributed by atoms with E-state index in [9.17, 15) is 9.18 Å². The lowest BCUT2D eigenvalue weighted by Gasteiger charge is -2.39. The molecule has 1 fully saturated rings. The molecular formula is C13H16FNO. The Morgan fingerprint density at radius 2 is 2.12 bits per heavy atom. The molecule has 1 saturated carbocycles. The Labute approximate surface area is 94.9 Å². The second-order valence-electron chi connectivity index (χ2n) is 4.80. The van der Waals surface area contributed by atoms with Crippen LogP contribution in [0.25, 0.3) is 0 Å². The topological polar surface area (TPSA) is 29.1 Å². The van der Waals surface area contributed by atoms with Gasteiger partial charge < -0.3 is 5.32 Å². The minimum absolute atomic E-state index is 0.132. The Hall–Kier alpha value is -1.38. The summed E-state index contributed by atoms with van der Waals surface area (Å²) in [5.41, 5.74) is 0.521. The number of hydrogen-bond acceptors (Lipinski definition) is 1. The summed E-state index contributed by atoms with van der Waals surface area (Å²) in [4.78, 5) is 11.9. The molecule has 0 heterocycles. The molecule has 0 aromatic heterocycles. The van der Waals surface area contributed by atoms with Gasteiger partial charge in [-0.2, -0.15) is 0 Å². The number of benzene rings is 1. The molecule has 1 N–H and O–H groups in total. The standard InChI is InChI=1S/C13H16FNO/c1-9-5-3-6-10(11(9)14)12(16)15-13(2)7-4-8-13/h3,5-6H,4,7-8H2,1-2H3,(H,15,16). The Bertz CT molecular complexity index is 424. The van der Waals surface area contributed by atoms with Crippen LogP contribution in [0.4, 0.5) is 4.39 Å². The number of rotatable bonds is 2. The van der Waals surface area contributed by atoms with Gasteiger partial charge in [-0.05, 0) is 44.7 Å². The summed E-state index contributed by atoms with van der Waals surface area (Å²) in [7, 11) is 0. The quantitative estimate of drug-likeness (QED) is 0.817. The van der Waals surface area contributed by atoms with E-state index >= 15 is 0 Å². The zero-order valence-electron chi connectivity index (χ0n) is 9.64. The van der Waals surface area contributed by atoms with Crippen molar-refractivity contribution in [3.8, 4) is 0 Å². The molecule has 1 aliphatic carbocycles. The van der Waals surface area contributed by atoms with E-state index in [4.69, 9.17) is 0 Å². The summed E-state index contributed by atoms with van der Waals surface area (Å²) in [6.07, 6.45) is 3.09. The van der Waals surface area contributed by atoms with Crippen LogP contribution in [0.15, 0.2) is 18.2 Å². The Morgan fingerprint density at radius 1 is 1.44 bits per heavy atom. The third-order valence-electron chi connectivity index (χ3n) is 3.31. The number of hydrogen-bond donors (Lipinski definition) is 1. The predicted molar refractivity (Wildman–Crippen MR) is 60.9 cm³/mol. The van der Waals surface area contributed by atoms with Gasteiger partial charge in [-0.15, -0.1) is 0 Å². The molecule has 0 aliphatic heterocycles. The van der Waals surface area contributed by atoms with Crippen molar-refractivity contribution >= 4 is 5.91 Å². The van der Waals surface area contributed by atoms with Gasteiger partial charge in [0.1, 0.15) is 5.82 Å². The number of amides is 1. The number of carbonyl (C=O) groups excluding carboxylic acids is 1. The summed E-state index contributed by atoms with van der Waals surface area (Å²) in [5.74, 6) is -0.716. The molecule has 3 heteroatoms. The molecule has 2 rings (SSSR count). The second kappa shape index (κ2) is 3.89. The maximum absolute atomic E-state index is 13.7. The van der Waals surface area contributed by atoms with Crippen LogP contribution < -0.4 is 5.32 Å². The van der Waals surface area contributed by atoms with Gasteiger partial charge in [0.05, 0.1) is 5.56 Å². The lowest BCUT2D eigenvalue weighted by Crippen LogP contribution is -2.51. The van der Waals surface area contributed by atoms with E-state index in [0.29, 0.717) is 5.56 Å². The van der Waals surface area contributed by atoms with Gasteiger partial charge in [-0.25, -0.2) is 4.39 Å². The molecule has 1 aromatic rings. The van der Waals surface area contributed by atoms with Crippen LogP contribution in [0.1, 0.15) is 42.1 Å². The minimum Gasteiger partial charge on any atom is -0.347 e. The molecule has 16 heavy (non-hydrogen) atoms. The van der Waals surface area contributed by atoms with Crippen molar-refractivity contribution in [3.63, 3.8) is 0 Å². The van der Waals surface area contributed by atoms with E-state index in [1.165, 1.54) is 6.07 Å². The predicted octanol–water partition coefficient (Wildman–Crippen LogP) is 2.81. The Kier molecular flexibility index (Phi) is 2.70. The second-order valence-corrected chi connectivity index (χ2v) is 4.80. The van der Waals surface area contributed by atoms with Gasteiger partial charge in [-0.3, -0.25) is 4.79 Å². The van der Waals surface area contributed by atoms with Gasteiger partial charge in [-0.1, -0.05) is 12.1 Å². The average Bonchev–Trinajstić information content (AvgIpc) is 2.19. The summed E-state index contributed by atoms with van der Waals surface area (Å²) < 4.78 is 13.7. The van der Waals surface area contributed by atoms with Crippen molar-refractivity contribution < 1.29 is 9.18 Å². The van der Waals surface area contributed by atoms with Crippen molar-refractivity contribution in [2.45, 2.75) is 38.6 Å². The third-order valence-corrected chi connectivity index (χ3v) is 3.31. The van der Waals surface area contributed by atoms with Crippen LogP contribution in [0.5, 0.6) is 0 Å². The van der Waals surface area contributed by atoms with Crippen molar-refractivity contribution in [2.24, 2.45) is 0 Å². The van der Waals surface area contributed by atoms with E-state index in [0.717, 1.165) is 19.3 Å². The lowest BCUT2D eigenvalue weighted by atomic mass is 9.78. The van der Waals surface area contributed by atoms with Crippen LogP contribution in [0, 0.1) is 12.7 Å². The fourth-order valence-electron chi connectivity index (χ4n) is 2.00. The van der Waals surface area contributed by atoms with E-state index in [-0.39, 0.29) is 17.0 Å². The highest BCUT2D eigenvalue weighted by atomic mass is 19.1. The highest BCUT2D eigenvalue weighted by molar-refractivity contribution is 5.95. The van der Waals surface area contributed by atoms with Crippen molar-refractivity contribution in [2.75, 3.05) is 0 Å². The highest BCUT2D eigenvalue weighted by Crippen LogP contribution is 2.31. The van der Waals surface area contributed by atoms with Crippen molar-refractivity contribution in [1.29, 1.82) is 0 Å². The molecule has 0 unspecified atom stereocenters. The smallest absolute Gasteiger partial charge is 0.254 e. The van der Waals surface area contributed by atoms with E-state index in [1.54, 1.807) is 19.1 Å². The maximum atomic E-state index is 13.7. The zero-order chi connectivity index (χ0) is 11.8. The van der Waals surface area contributed by atoms with E-state index in [2.05, 4.69) is 5.32 Å². The highest BCUT2D eigenvalue weighted by Gasteiger charge is 2.33. The van der Waals surface area contributed by atoms with Gasteiger partial charge in [0.25, 0.3) is 5.91 Å². The molecule has 0 saturated heterocycles. The molecular weight excluding hydrogens is 205 g/mol. The van der Waals surface area contributed by atoms with Crippen molar-refractivity contribution in [1.82, 2.24) is 5.32 Å². The van der Waals surface area contributed by atoms with Crippen LogP contribution in [-0.2, 0) is 0 Å². The van der Waals surface area contributed by atoms with Crippen molar-refractivity contribution in [3.05, 3.63) is 35.1 Å². The minimum atomic E-state index is -0.414. The first-order valence-electron chi connectivity index (χ1n) is 5.59. The molecule has 86 valence electrons. The van der Waals surface area contributed by atoms with Crippen LogP contribution >= 0.6 is 0 Å². The molecule has 0 atom stereocenters. The third kappa shape index (κ3) is 1.94. The van der Waals surface area contributed by atoms with Gasteiger partial charge in [0.2, 0.25) is 0 Å². The fraction of sp³-hybridized carbons (Fsp3) is 0.462. The summed E-state index contributed by atoms with van der Waals surface area (Å²) in [6.45, 7) is 3.67. The maximum Gasteiger partial charge on any atom is 0.254 e. The fourth-order valence-corrected chi connectivity index (χ4v) is 2.00. The molecule has 1 aliphatic rings. The number of aryl methyl sites for hydroxylation is 1. The first-order valence-corrected chi connectivity index (χ1v) is 5.59. The summed E-state index contributed by atoms with van der Waals surface area (Å²) >= 11 is 0. The van der Waals surface area contributed by atoms with Gasteiger partial charge in [0.15, 0.2) is 0 Å². The first kappa shape index (κ1) is 11.1. The first-order chi connectivity index (χ1) is 7.52. The Morgan fingerprint density at radius 3 is 2.69 bits per heavy atom. The van der Waals surface area contributed by atoms with Crippen LogP contribution in [-0.4, -0.2) is 11.4 Å². The Balaban J connectivity index is 2.17. The SMILES string of the molecule is Cc1cccc(C(=O)NC2(C)CCC2)c1F. The monoisotopic (exact) mass is 221 g/mol. The summed E-state index contributed by atoms with van der Waals surface area (Å²) in [6, 6.07) is 4.90. The molecule has 1 amide bonds. The van der Waals surface area contributed by atoms with Crippen LogP contribution in [0.3, 0.4) is 0 Å². The average molecular weight is 221 g/mol. The largest absolute Gasteiger partial charge is 0.347 e. The van der Waals surface area contributed by atoms with E-state index < -0.39 is 5.82 Å². The summed E-state index contributed by atoms with van der Waals surface area (Å²) in [5, 5.41) is 2.90. The number of nitrogens with one attached hydrogen (secondary N) is 1. The normalized spacial score (nSPS) is 17.7. The molecule has 0 bridgehead atoms. The molecule has 0 radical (unpaired) electrons. The van der Waals surface area contributed by atoms with Crippen LogP contribution in [0.2, 0.25) is 0 Å². The van der Waals surface area contributed by atoms with Gasteiger partial charge >= 0.3 is 0 Å².